The van der Waals surface area contributed by atoms with E-state index < -0.39 is 10.3 Å². The molecule has 0 amide bonds. The zero-order valence-corrected chi connectivity index (χ0v) is 16.7. The fraction of sp³-hybridized carbons (Fsp3) is 0.368. The van der Waals surface area contributed by atoms with Crippen molar-refractivity contribution in [2.75, 3.05) is 5.32 Å². The molecular weight excluding hydrogens is 368 g/mol. The van der Waals surface area contributed by atoms with E-state index in [-0.39, 0.29) is 29.7 Å². The maximum Gasteiger partial charge on any atom is 0.311 e. The third kappa shape index (κ3) is 5.13. The number of ether oxygens (including phenoxy) is 1. The molecule has 2 rings (SSSR count). The predicted octanol–water partition coefficient (Wildman–Crippen LogP) is 5.00. The summed E-state index contributed by atoms with van der Waals surface area (Å²) in [4.78, 5) is 35.0. The largest absolute Gasteiger partial charge is 0.460 e. The number of esters is 1. The minimum atomic E-state index is -0.626. The van der Waals surface area contributed by atoms with Crippen LogP contribution >= 0.6 is 11.3 Å². The van der Waals surface area contributed by atoms with Gasteiger partial charge in [0.1, 0.15) is 12.3 Å². The van der Waals surface area contributed by atoms with Crippen LogP contribution in [0.3, 0.4) is 0 Å². The Hall–Kier alpha value is -2.74. The quantitative estimate of drug-likeness (QED) is 0.322. The summed E-state index contributed by atoms with van der Waals surface area (Å²) in [5, 5.41) is 15.0. The second kappa shape index (κ2) is 7.87. The number of carbonyl (C=O) groups excluding carboxylic acids is 2. The fourth-order valence-electron chi connectivity index (χ4n) is 2.32. The molecule has 0 aliphatic heterocycles. The van der Waals surface area contributed by atoms with Crippen molar-refractivity contribution in [1.29, 1.82) is 0 Å². The molecule has 0 aliphatic carbocycles. The summed E-state index contributed by atoms with van der Waals surface area (Å²) in [5.41, 5.74) is 0.991. The van der Waals surface area contributed by atoms with Crippen LogP contribution in [0.25, 0.3) is 0 Å². The Bertz CT molecular complexity index is 896. The predicted molar refractivity (Wildman–Crippen MR) is 105 cm³/mol. The lowest BCUT2D eigenvalue weighted by Gasteiger charge is -2.16. The number of aryl methyl sites for hydroxylation is 1. The SMILES string of the molecule is CC(=O)c1sc(Nc2cc(COC(=O)C(C)(C)C)ccc2[N+](=O)[O-])cc1C. The summed E-state index contributed by atoms with van der Waals surface area (Å²) in [6.07, 6.45) is 0. The standard InChI is InChI=1S/C19H22N2O5S/c1-11-8-16(27-17(11)12(2)22)20-14-9-13(6-7-15(14)21(24)25)10-26-18(23)19(3,4)5/h6-9,20H,10H2,1-5H3. The average Bonchev–Trinajstić information content (AvgIpc) is 2.92. The lowest BCUT2D eigenvalue weighted by Crippen LogP contribution is -2.22. The molecule has 0 saturated heterocycles. The Kier molecular flexibility index (Phi) is 6.00. The van der Waals surface area contributed by atoms with Gasteiger partial charge in [-0.1, -0.05) is 0 Å². The minimum absolute atomic E-state index is 0.0188. The van der Waals surface area contributed by atoms with Gasteiger partial charge in [0.15, 0.2) is 5.78 Å². The number of benzene rings is 1. The summed E-state index contributed by atoms with van der Waals surface area (Å²) >= 11 is 1.24. The van der Waals surface area contributed by atoms with Gasteiger partial charge in [0.2, 0.25) is 0 Å². The molecule has 7 nitrogen and oxygen atoms in total. The Morgan fingerprint density at radius 1 is 1.26 bits per heavy atom. The number of rotatable bonds is 6. The Morgan fingerprint density at radius 2 is 1.93 bits per heavy atom. The van der Waals surface area contributed by atoms with Gasteiger partial charge in [-0.15, -0.1) is 11.3 Å². The monoisotopic (exact) mass is 390 g/mol. The van der Waals surface area contributed by atoms with Crippen molar-refractivity contribution < 1.29 is 19.2 Å². The maximum absolute atomic E-state index is 11.9. The van der Waals surface area contributed by atoms with E-state index in [1.807, 2.05) is 6.92 Å². The highest BCUT2D eigenvalue weighted by atomic mass is 32.1. The average molecular weight is 390 g/mol. The van der Waals surface area contributed by atoms with E-state index in [9.17, 15) is 19.7 Å². The van der Waals surface area contributed by atoms with Gasteiger partial charge >= 0.3 is 5.97 Å². The van der Waals surface area contributed by atoms with E-state index in [0.717, 1.165) is 5.56 Å². The third-order valence-corrected chi connectivity index (χ3v) is 4.99. The summed E-state index contributed by atoms with van der Waals surface area (Å²) in [7, 11) is 0. The molecule has 0 unspecified atom stereocenters. The van der Waals surface area contributed by atoms with Gasteiger partial charge in [0, 0.05) is 6.07 Å². The molecule has 0 atom stereocenters. The number of nitrogens with one attached hydrogen (secondary N) is 1. The number of carbonyl (C=O) groups is 2. The van der Waals surface area contributed by atoms with Gasteiger partial charge in [-0.25, -0.2) is 0 Å². The van der Waals surface area contributed by atoms with Crippen LogP contribution in [-0.4, -0.2) is 16.7 Å². The molecule has 27 heavy (non-hydrogen) atoms. The van der Waals surface area contributed by atoms with Crippen LogP contribution in [0.4, 0.5) is 16.4 Å². The van der Waals surface area contributed by atoms with Crippen LogP contribution in [0.2, 0.25) is 0 Å². The number of nitro benzene ring substituents is 1. The first-order valence-electron chi connectivity index (χ1n) is 8.32. The summed E-state index contributed by atoms with van der Waals surface area (Å²) in [5.74, 6) is -0.404. The van der Waals surface area contributed by atoms with Crippen LogP contribution in [-0.2, 0) is 16.1 Å². The number of anilines is 2. The zero-order valence-electron chi connectivity index (χ0n) is 15.9. The van der Waals surface area contributed by atoms with Crippen LogP contribution in [0, 0.1) is 22.5 Å². The Balaban J connectivity index is 2.28. The number of hydrogen-bond acceptors (Lipinski definition) is 7. The van der Waals surface area contributed by atoms with Crippen LogP contribution < -0.4 is 5.32 Å². The van der Waals surface area contributed by atoms with Crippen molar-refractivity contribution in [3.63, 3.8) is 0 Å². The molecule has 0 saturated carbocycles. The maximum atomic E-state index is 11.9. The second-order valence-corrected chi connectivity index (χ2v) is 8.29. The highest BCUT2D eigenvalue weighted by molar-refractivity contribution is 7.18. The van der Waals surface area contributed by atoms with Crippen LogP contribution in [0.5, 0.6) is 0 Å². The van der Waals surface area contributed by atoms with E-state index in [1.165, 1.54) is 24.3 Å². The van der Waals surface area contributed by atoms with E-state index in [2.05, 4.69) is 5.32 Å². The van der Waals surface area contributed by atoms with Gasteiger partial charge in [-0.3, -0.25) is 19.7 Å². The molecule has 1 aromatic heterocycles. The van der Waals surface area contributed by atoms with Crippen LogP contribution in [0.15, 0.2) is 24.3 Å². The fourth-order valence-corrected chi connectivity index (χ4v) is 3.30. The molecule has 8 heteroatoms. The van der Waals surface area contributed by atoms with Crippen molar-refractivity contribution >= 4 is 39.5 Å². The number of hydrogen-bond donors (Lipinski definition) is 1. The number of nitro groups is 1. The molecule has 0 aliphatic rings. The van der Waals surface area contributed by atoms with E-state index >= 15 is 0 Å². The van der Waals surface area contributed by atoms with Crippen molar-refractivity contribution in [2.24, 2.45) is 5.41 Å². The van der Waals surface area contributed by atoms with Gasteiger partial charge < -0.3 is 10.1 Å². The molecule has 2 aromatic rings. The lowest BCUT2D eigenvalue weighted by molar-refractivity contribution is -0.383. The number of nitrogens with zero attached hydrogens (tertiary/aromatic N) is 1. The third-order valence-electron chi connectivity index (χ3n) is 3.74. The number of thiophene rings is 1. The van der Waals surface area contributed by atoms with Gasteiger partial charge in [-0.05, 0) is 63.9 Å². The Morgan fingerprint density at radius 3 is 2.44 bits per heavy atom. The van der Waals surface area contributed by atoms with E-state index in [1.54, 1.807) is 39.0 Å². The molecular formula is C19H22N2O5S. The highest BCUT2D eigenvalue weighted by Gasteiger charge is 2.23. The zero-order chi connectivity index (χ0) is 20.4. The molecule has 0 bridgehead atoms. The van der Waals surface area contributed by atoms with Crippen LogP contribution in [0.1, 0.15) is 48.5 Å². The van der Waals surface area contributed by atoms with Crippen molar-refractivity contribution in [1.82, 2.24) is 0 Å². The first-order valence-corrected chi connectivity index (χ1v) is 9.13. The number of ketones is 1. The summed E-state index contributed by atoms with van der Waals surface area (Å²) < 4.78 is 5.27. The topological polar surface area (TPSA) is 98.5 Å². The van der Waals surface area contributed by atoms with Crippen molar-refractivity contribution in [3.05, 3.63) is 50.4 Å². The molecule has 0 radical (unpaired) electrons. The van der Waals surface area contributed by atoms with Crippen molar-refractivity contribution in [3.8, 4) is 0 Å². The Labute approximate surface area is 161 Å². The lowest BCUT2D eigenvalue weighted by atomic mass is 9.97. The molecule has 1 heterocycles. The molecule has 0 fully saturated rings. The molecule has 144 valence electrons. The smallest absolute Gasteiger partial charge is 0.311 e. The highest BCUT2D eigenvalue weighted by Crippen LogP contribution is 2.34. The van der Waals surface area contributed by atoms with Gasteiger partial charge in [0.05, 0.1) is 20.2 Å². The van der Waals surface area contributed by atoms with Crippen molar-refractivity contribution in [2.45, 2.75) is 41.2 Å². The molecule has 1 N–H and O–H groups in total. The minimum Gasteiger partial charge on any atom is -0.460 e. The van der Waals surface area contributed by atoms with E-state index in [0.29, 0.717) is 15.4 Å². The van der Waals surface area contributed by atoms with E-state index in [4.69, 9.17) is 4.74 Å². The number of Topliss-reactive ketones (excluding diaryl/α,β-unsaturated/α-hetero) is 1. The second-order valence-electron chi connectivity index (χ2n) is 7.24. The molecule has 0 spiro atoms. The summed E-state index contributed by atoms with van der Waals surface area (Å²) in [6.45, 7) is 8.58. The van der Waals surface area contributed by atoms with Gasteiger partial charge in [0.25, 0.3) is 5.69 Å². The summed E-state index contributed by atoms with van der Waals surface area (Å²) in [6, 6.07) is 6.28. The first kappa shape index (κ1) is 20.6. The normalized spacial score (nSPS) is 11.1. The molecule has 1 aromatic carbocycles. The first-order chi connectivity index (χ1) is 12.5. The van der Waals surface area contributed by atoms with Gasteiger partial charge in [-0.2, -0.15) is 0 Å².